The quantitative estimate of drug-likeness (QED) is 0.572. The Kier molecular flexibility index (Phi) is 6.64. The number of nitrogens with zero attached hydrogens (tertiary/aromatic N) is 4. The van der Waals surface area contributed by atoms with Crippen molar-refractivity contribution in [1.29, 1.82) is 0 Å². The lowest BCUT2D eigenvalue weighted by Crippen LogP contribution is -2.39. The van der Waals surface area contributed by atoms with Crippen molar-refractivity contribution in [3.8, 4) is 5.69 Å². The highest BCUT2D eigenvalue weighted by atomic mass is 32.2. The number of pyridine rings is 1. The molecule has 2 aromatic heterocycles. The number of methoxy groups -OCH3 is 1. The summed E-state index contributed by atoms with van der Waals surface area (Å²) in [5.74, 6) is -0.665. The van der Waals surface area contributed by atoms with Crippen LogP contribution in [-0.4, -0.2) is 61.6 Å². The molecule has 0 spiro atoms. The van der Waals surface area contributed by atoms with Gasteiger partial charge < -0.3 is 9.64 Å². The van der Waals surface area contributed by atoms with Crippen LogP contribution in [0.3, 0.4) is 0 Å². The van der Waals surface area contributed by atoms with Crippen LogP contribution < -0.4 is 9.62 Å². The molecule has 182 valence electrons. The summed E-state index contributed by atoms with van der Waals surface area (Å²) in [6.07, 6.45) is 2.92. The predicted molar refractivity (Wildman–Crippen MR) is 132 cm³/mol. The molecule has 1 atom stereocenters. The van der Waals surface area contributed by atoms with E-state index in [9.17, 15) is 13.2 Å². The standard InChI is InChI=1S/C24H31N5O4S/c1-15(2)22-21-20(28-11-7-10-18(14-28)33-4)13-19(24(30)27-34(5,31)32)25-23(21)29(26-22)17-9-6-8-16(3)12-17/h6,8-9,12-13,15,18H,7,10-11,14H2,1-5H3,(H,27,30). The molecule has 0 saturated carbocycles. The van der Waals surface area contributed by atoms with Gasteiger partial charge in [-0.3, -0.25) is 4.79 Å². The van der Waals surface area contributed by atoms with E-state index >= 15 is 0 Å². The fraction of sp³-hybridized carbons (Fsp3) is 0.458. The van der Waals surface area contributed by atoms with Gasteiger partial charge in [0, 0.05) is 20.2 Å². The average molecular weight is 486 g/mol. The van der Waals surface area contributed by atoms with Crippen molar-refractivity contribution in [3.05, 3.63) is 47.3 Å². The normalized spacial score (nSPS) is 16.9. The van der Waals surface area contributed by atoms with Crippen LogP contribution in [0, 0.1) is 6.92 Å². The molecule has 4 rings (SSSR count). The smallest absolute Gasteiger partial charge is 0.283 e. The number of anilines is 1. The van der Waals surface area contributed by atoms with Gasteiger partial charge in [0.05, 0.1) is 34.8 Å². The molecular formula is C24H31N5O4S. The third-order valence-electron chi connectivity index (χ3n) is 6.00. The van der Waals surface area contributed by atoms with Crippen LogP contribution in [0.1, 0.15) is 54.4 Å². The molecule has 3 heterocycles. The van der Waals surface area contributed by atoms with Crippen molar-refractivity contribution in [3.63, 3.8) is 0 Å². The molecule has 1 N–H and O–H groups in total. The Morgan fingerprint density at radius 3 is 2.68 bits per heavy atom. The van der Waals surface area contributed by atoms with Crippen molar-refractivity contribution in [2.75, 3.05) is 31.4 Å². The third-order valence-corrected chi connectivity index (χ3v) is 6.56. The Morgan fingerprint density at radius 1 is 1.26 bits per heavy atom. The second-order valence-corrected chi connectivity index (χ2v) is 10.9. The Hall–Kier alpha value is -2.98. The van der Waals surface area contributed by atoms with Gasteiger partial charge in [-0.25, -0.2) is 22.8 Å². The second-order valence-electron chi connectivity index (χ2n) is 9.17. The number of nitrogens with one attached hydrogen (secondary N) is 1. The number of amides is 1. The molecule has 34 heavy (non-hydrogen) atoms. The molecule has 0 aliphatic carbocycles. The van der Waals surface area contributed by atoms with E-state index < -0.39 is 15.9 Å². The van der Waals surface area contributed by atoms with E-state index in [4.69, 9.17) is 9.84 Å². The number of piperidine rings is 1. The molecule has 1 aliphatic rings. The van der Waals surface area contributed by atoms with E-state index in [-0.39, 0.29) is 17.7 Å². The number of fused-ring (bicyclic) bond motifs is 1. The van der Waals surface area contributed by atoms with E-state index in [0.29, 0.717) is 12.2 Å². The lowest BCUT2D eigenvalue weighted by Gasteiger charge is -2.34. The van der Waals surface area contributed by atoms with Gasteiger partial charge in [-0.15, -0.1) is 0 Å². The number of hydrogen-bond donors (Lipinski definition) is 1. The van der Waals surface area contributed by atoms with Gasteiger partial charge in [0.15, 0.2) is 5.65 Å². The summed E-state index contributed by atoms with van der Waals surface area (Å²) in [6.45, 7) is 7.60. The van der Waals surface area contributed by atoms with Crippen LogP contribution >= 0.6 is 0 Å². The van der Waals surface area contributed by atoms with E-state index in [0.717, 1.165) is 53.7 Å². The Balaban J connectivity index is 2.00. The first-order valence-corrected chi connectivity index (χ1v) is 13.3. The maximum atomic E-state index is 12.9. The van der Waals surface area contributed by atoms with Crippen LogP contribution in [0.4, 0.5) is 5.69 Å². The zero-order valence-corrected chi connectivity index (χ0v) is 21.0. The van der Waals surface area contributed by atoms with Gasteiger partial charge in [0.2, 0.25) is 10.0 Å². The minimum absolute atomic E-state index is 0.0246. The lowest BCUT2D eigenvalue weighted by atomic mass is 10.0. The number of ether oxygens (including phenoxy) is 1. The van der Waals surface area contributed by atoms with Gasteiger partial charge in [0.1, 0.15) is 5.69 Å². The topological polar surface area (TPSA) is 106 Å². The van der Waals surface area contributed by atoms with Crippen molar-refractivity contribution in [2.24, 2.45) is 0 Å². The second kappa shape index (κ2) is 9.34. The highest BCUT2D eigenvalue weighted by molar-refractivity contribution is 7.89. The fourth-order valence-corrected chi connectivity index (χ4v) is 4.84. The van der Waals surface area contributed by atoms with Crippen molar-refractivity contribution in [2.45, 2.75) is 45.6 Å². The number of carbonyl (C=O) groups excluding carboxylic acids is 1. The van der Waals surface area contributed by atoms with Crippen LogP contribution in [0.5, 0.6) is 0 Å². The summed E-state index contributed by atoms with van der Waals surface area (Å²) >= 11 is 0. The van der Waals surface area contributed by atoms with E-state index in [1.165, 1.54) is 0 Å². The number of aryl methyl sites for hydroxylation is 1. The largest absolute Gasteiger partial charge is 0.380 e. The molecule has 1 aliphatic heterocycles. The summed E-state index contributed by atoms with van der Waals surface area (Å²) in [5.41, 5.74) is 4.12. The van der Waals surface area contributed by atoms with Crippen LogP contribution in [-0.2, 0) is 14.8 Å². The maximum absolute atomic E-state index is 12.9. The number of aromatic nitrogens is 3. The highest BCUT2D eigenvalue weighted by Crippen LogP contribution is 2.36. The zero-order valence-electron chi connectivity index (χ0n) is 20.2. The van der Waals surface area contributed by atoms with Crippen molar-refractivity contribution < 1.29 is 17.9 Å². The van der Waals surface area contributed by atoms with Gasteiger partial charge in [0.25, 0.3) is 5.91 Å². The Morgan fingerprint density at radius 2 is 2.03 bits per heavy atom. The summed E-state index contributed by atoms with van der Waals surface area (Å²) < 4.78 is 32.9. The number of carbonyl (C=O) groups is 1. The maximum Gasteiger partial charge on any atom is 0.283 e. The molecule has 0 bridgehead atoms. The predicted octanol–water partition coefficient (Wildman–Crippen LogP) is 3.16. The first kappa shape index (κ1) is 24.2. The van der Waals surface area contributed by atoms with Crippen LogP contribution in [0.25, 0.3) is 16.7 Å². The van der Waals surface area contributed by atoms with E-state index in [1.807, 2.05) is 35.9 Å². The molecule has 1 aromatic carbocycles. The summed E-state index contributed by atoms with van der Waals surface area (Å²) in [4.78, 5) is 19.7. The van der Waals surface area contributed by atoms with Gasteiger partial charge in [-0.1, -0.05) is 26.0 Å². The summed E-state index contributed by atoms with van der Waals surface area (Å²) in [7, 11) is -2.04. The minimum atomic E-state index is -3.75. The molecule has 9 nitrogen and oxygen atoms in total. The molecule has 1 unspecified atom stereocenters. The lowest BCUT2D eigenvalue weighted by molar-refractivity contribution is 0.0894. The van der Waals surface area contributed by atoms with Crippen LogP contribution in [0.15, 0.2) is 30.3 Å². The molecule has 1 amide bonds. The third kappa shape index (κ3) is 4.92. The fourth-order valence-electron chi connectivity index (χ4n) is 4.40. The Bertz CT molecular complexity index is 1330. The molecule has 10 heteroatoms. The number of sulfonamides is 1. The number of rotatable bonds is 6. The van der Waals surface area contributed by atoms with E-state index in [1.54, 1.807) is 17.9 Å². The minimum Gasteiger partial charge on any atom is -0.380 e. The molecule has 1 fully saturated rings. The highest BCUT2D eigenvalue weighted by Gasteiger charge is 2.28. The number of benzene rings is 1. The first-order valence-electron chi connectivity index (χ1n) is 11.4. The van der Waals surface area contributed by atoms with E-state index in [2.05, 4.69) is 23.7 Å². The zero-order chi connectivity index (χ0) is 24.6. The van der Waals surface area contributed by atoms with Gasteiger partial charge in [-0.2, -0.15) is 5.10 Å². The molecular weight excluding hydrogens is 454 g/mol. The molecule has 0 radical (unpaired) electrons. The summed E-state index contributed by atoms with van der Waals surface area (Å²) in [5, 5.41) is 5.78. The first-order chi connectivity index (χ1) is 16.1. The SMILES string of the molecule is COC1CCCN(c2cc(C(=O)NS(C)(=O)=O)nc3c2c(C(C)C)nn3-c2cccc(C)c2)C1. The summed E-state index contributed by atoms with van der Waals surface area (Å²) in [6, 6.07) is 9.57. The van der Waals surface area contributed by atoms with Crippen LogP contribution in [0.2, 0.25) is 0 Å². The average Bonchev–Trinajstić information content (AvgIpc) is 3.17. The Labute approximate surface area is 200 Å². The number of hydrogen-bond acceptors (Lipinski definition) is 7. The molecule has 1 saturated heterocycles. The van der Waals surface area contributed by atoms with Gasteiger partial charge in [-0.05, 0) is 49.4 Å². The van der Waals surface area contributed by atoms with Crippen molar-refractivity contribution in [1.82, 2.24) is 19.5 Å². The molecule has 3 aromatic rings. The monoisotopic (exact) mass is 485 g/mol. The van der Waals surface area contributed by atoms with Crippen molar-refractivity contribution >= 4 is 32.7 Å². The van der Waals surface area contributed by atoms with Gasteiger partial charge >= 0.3 is 0 Å².